The summed E-state index contributed by atoms with van der Waals surface area (Å²) in [6.45, 7) is 0. The molecule has 2 aromatic heterocycles. The van der Waals surface area contributed by atoms with Crippen molar-refractivity contribution >= 4 is 17.1 Å². The van der Waals surface area contributed by atoms with Gasteiger partial charge >= 0.3 is 5.56 Å². The minimum absolute atomic E-state index is 0.0154. The van der Waals surface area contributed by atoms with E-state index in [4.69, 9.17) is 0 Å². The second-order valence-corrected chi connectivity index (χ2v) is 2.66. The lowest BCUT2D eigenvalue weighted by Gasteiger charge is -2.07. The number of nitrogens with one attached hydrogen (secondary N) is 2. The van der Waals surface area contributed by atoms with E-state index >= 15 is 0 Å². The van der Waals surface area contributed by atoms with Crippen LogP contribution in [0.25, 0.3) is 11.2 Å². The zero-order valence-corrected chi connectivity index (χ0v) is 7.80. The molecule has 0 spiro atoms. The van der Waals surface area contributed by atoms with Crippen LogP contribution in [0.3, 0.4) is 0 Å². The van der Waals surface area contributed by atoms with E-state index in [2.05, 4.69) is 25.8 Å². The van der Waals surface area contributed by atoms with Gasteiger partial charge in [0.25, 0.3) is 5.95 Å². The highest BCUT2D eigenvalue weighted by Crippen LogP contribution is 2.05. The Morgan fingerprint density at radius 1 is 1.40 bits per heavy atom. The van der Waals surface area contributed by atoms with E-state index in [0.717, 1.165) is 0 Å². The summed E-state index contributed by atoms with van der Waals surface area (Å²) in [6, 6.07) is 0. The summed E-state index contributed by atoms with van der Waals surface area (Å²) in [7, 11) is 1.58. The van der Waals surface area contributed by atoms with Gasteiger partial charge in [-0.3, -0.25) is 10.2 Å². The van der Waals surface area contributed by atoms with Crippen molar-refractivity contribution in [3.8, 4) is 0 Å². The Hall–Kier alpha value is -2.22. The fourth-order valence-corrected chi connectivity index (χ4v) is 1.13. The molecule has 0 aliphatic rings. The molecule has 0 saturated heterocycles. The number of fused-ring (bicyclic) bond motifs is 1. The van der Waals surface area contributed by atoms with Gasteiger partial charge in [0, 0.05) is 19.4 Å². The van der Waals surface area contributed by atoms with Gasteiger partial charge in [0.1, 0.15) is 0 Å². The minimum atomic E-state index is -0.554. The summed E-state index contributed by atoms with van der Waals surface area (Å²) in [5, 5.41) is 9.62. The van der Waals surface area contributed by atoms with Crippen LogP contribution in [0.15, 0.2) is 17.2 Å². The predicted octanol–water partition coefficient (Wildman–Crippen LogP) is -1.03. The highest BCUT2D eigenvalue weighted by Gasteiger charge is 2.10. The van der Waals surface area contributed by atoms with Crippen LogP contribution in [0.5, 0.6) is 0 Å². The number of hydrazine groups is 1. The van der Waals surface area contributed by atoms with Crippen molar-refractivity contribution < 1.29 is 5.21 Å². The van der Waals surface area contributed by atoms with E-state index in [1.807, 2.05) is 0 Å². The predicted molar refractivity (Wildman–Crippen MR) is 51.5 cm³/mol. The molecule has 0 aliphatic carbocycles. The average molecular weight is 208 g/mol. The van der Waals surface area contributed by atoms with Crippen molar-refractivity contribution in [3.63, 3.8) is 0 Å². The first-order valence-electron chi connectivity index (χ1n) is 4.10. The number of anilines is 1. The maximum Gasteiger partial charge on any atom is 0.302 e. The Labute approximate surface area is 83.5 Å². The molecule has 78 valence electrons. The van der Waals surface area contributed by atoms with Crippen LogP contribution < -0.4 is 16.4 Å². The van der Waals surface area contributed by atoms with Crippen LogP contribution >= 0.6 is 0 Å². The van der Waals surface area contributed by atoms with Gasteiger partial charge in [-0.05, 0) is 0 Å². The van der Waals surface area contributed by atoms with Gasteiger partial charge < -0.3 is 5.21 Å². The zero-order chi connectivity index (χ0) is 10.8. The van der Waals surface area contributed by atoms with E-state index in [-0.39, 0.29) is 17.1 Å². The summed E-state index contributed by atoms with van der Waals surface area (Å²) in [5.41, 5.74) is 4.54. The smallest absolute Gasteiger partial charge is 0.302 e. The van der Waals surface area contributed by atoms with E-state index in [9.17, 15) is 10.0 Å². The molecular weight excluding hydrogens is 200 g/mol. The van der Waals surface area contributed by atoms with Crippen molar-refractivity contribution in [2.75, 3.05) is 12.5 Å². The number of nitrogens with zero attached hydrogens (tertiary/aromatic N) is 4. The lowest BCUT2D eigenvalue weighted by molar-refractivity contribution is 0.197. The van der Waals surface area contributed by atoms with Crippen LogP contribution in [-0.2, 0) is 0 Å². The highest BCUT2D eigenvalue weighted by molar-refractivity contribution is 5.69. The Morgan fingerprint density at radius 3 is 2.87 bits per heavy atom. The molecule has 0 aliphatic heterocycles. The number of hydrogen-bond acceptors (Lipinski definition) is 7. The van der Waals surface area contributed by atoms with Crippen LogP contribution in [0.2, 0.25) is 0 Å². The van der Waals surface area contributed by atoms with E-state index in [1.165, 1.54) is 12.4 Å². The van der Waals surface area contributed by atoms with Crippen molar-refractivity contribution in [2.24, 2.45) is 0 Å². The second-order valence-electron chi connectivity index (χ2n) is 2.66. The Kier molecular flexibility index (Phi) is 2.18. The normalized spacial score (nSPS) is 10.5. The van der Waals surface area contributed by atoms with E-state index < -0.39 is 5.56 Å². The van der Waals surface area contributed by atoms with Crippen molar-refractivity contribution in [2.45, 2.75) is 0 Å². The zero-order valence-electron chi connectivity index (χ0n) is 7.80. The largest absolute Gasteiger partial charge is 0.423 e. The lowest BCUT2D eigenvalue weighted by Crippen LogP contribution is -2.25. The SMILES string of the molecule is CNNc1nc(=O)c2nccnc2n1O. The Bertz CT molecular complexity index is 551. The van der Waals surface area contributed by atoms with Crippen LogP contribution in [-0.4, -0.2) is 31.9 Å². The molecule has 2 aromatic rings. The van der Waals surface area contributed by atoms with Crippen molar-refractivity contribution in [1.29, 1.82) is 0 Å². The number of rotatable bonds is 2. The molecule has 0 unspecified atom stereocenters. The van der Waals surface area contributed by atoms with Crippen LogP contribution in [0.4, 0.5) is 5.95 Å². The standard InChI is InChI=1S/C7H8N6O2/c1-8-12-7-11-6(14)4-5(13(7)15)10-3-2-9-4/h2-3,8,15H,1H3,(H,11,12,14). The molecule has 0 saturated carbocycles. The third-order valence-corrected chi connectivity index (χ3v) is 1.73. The van der Waals surface area contributed by atoms with Gasteiger partial charge in [-0.1, -0.05) is 0 Å². The highest BCUT2D eigenvalue weighted by atomic mass is 16.5. The fourth-order valence-electron chi connectivity index (χ4n) is 1.13. The molecule has 15 heavy (non-hydrogen) atoms. The molecule has 0 radical (unpaired) electrons. The summed E-state index contributed by atoms with van der Waals surface area (Å²) in [6.07, 6.45) is 2.73. The molecular formula is C7H8N6O2. The maximum atomic E-state index is 11.4. The van der Waals surface area contributed by atoms with Gasteiger partial charge in [0.15, 0.2) is 5.52 Å². The third kappa shape index (κ3) is 1.46. The maximum absolute atomic E-state index is 11.4. The molecule has 3 N–H and O–H groups in total. The van der Waals surface area contributed by atoms with Crippen molar-refractivity contribution in [3.05, 3.63) is 22.7 Å². The van der Waals surface area contributed by atoms with Gasteiger partial charge in [-0.2, -0.15) is 4.98 Å². The summed E-state index contributed by atoms with van der Waals surface area (Å²) in [5.74, 6) is -0.0458. The second kappa shape index (κ2) is 3.50. The summed E-state index contributed by atoms with van der Waals surface area (Å²) in [4.78, 5) is 22.6. The quantitative estimate of drug-likeness (QED) is 0.428. The van der Waals surface area contributed by atoms with Gasteiger partial charge in [0.2, 0.25) is 5.65 Å². The van der Waals surface area contributed by atoms with Crippen LogP contribution in [0, 0.1) is 0 Å². The molecule has 0 atom stereocenters. The van der Waals surface area contributed by atoms with Gasteiger partial charge in [0.05, 0.1) is 0 Å². The molecule has 0 fully saturated rings. The average Bonchev–Trinajstić information content (AvgIpc) is 2.26. The monoisotopic (exact) mass is 208 g/mol. The molecule has 2 heterocycles. The number of aromatic nitrogens is 4. The Morgan fingerprint density at radius 2 is 2.13 bits per heavy atom. The number of hydrogen-bond donors (Lipinski definition) is 3. The fraction of sp³-hybridized carbons (Fsp3) is 0.143. The minimum Gasteiger partial charge on any atom is -0.423 e. The topological polar surface area (TPSA) is 105 Å². The summed E-state index contributed by atoms with van der Waals surface area (Å²) >= 11 is 0. The first kappa shape index (κ1) is 9.34. The molecule has 0 amide bonds. The molecule has 0 bridgehead atoms. The molecule has 8 nitrogen and oxygen atoms in total. The third-order valence-electron chi connectivity index (χ3n) is 1.73. The first-order valence-corrected chi connectivity index (χ1v) is 4.10. The molecule has 8 heteroatoms. The van der Waals surface area contributed by atoms with Crippen LogP contribution in [0.1, 0.15) is 0 Å². The van der Waals surface area contributed by atoms with E-state index in [1.54, 1.807) is 7.05 Å². The lowest BCUT2D eigenvalue weighted by atomic mass is 10.5. The molecule has 0 aromatic carbocycles. The van der Waals surface area contributed by atoms with Gasteiger partial charge in [-0.15, -0.1) is 4.73 Å². The van der Waals surface area contributed by atoms with Gasteiger partial charge in [-0.25, -0.2) is 15.4 Å². The first-order chi connectivity index (χ1) is 7.24. The molecule has 2 rings (SSSR count). The Balaban J connectivity index is 2.79. The van der Waals surface area contributed by atoms with E-state index in [0.29, 0.717) is 4.73 Å². The summed E-state index contributed by atoms with van der Waals surface area (Å²) < 4.78 is 0.653. The van der Waals surface area contributed by atoms with Crippen molar-refractivity contribution in [1.82, 2.24) is 25.1 Å².